The van der Waals surface area contributed by atoms with E-state index < -0.39 is 35.1 Å². The zero-order chi connectivity index (χ0) is 25.4. The van der Waals surface area contributed by atoms with Crippen molar-refractivity contribution in [1.29, 1.82) is 0 Å². The fourth-order valence-electron chi connectivity index (χ4n) is 3.04. The number of halogens is 3. The molecule has 0 saturated carbocycles. The van der Waals surface area contributed by atoms with Crippen molar-refractivity contribution >= 4 is 29.2 Å². The fraction of sp³-hybridized carbons (Fsp3) is 0.318. The molecule has 0 bridgehead atoms. The molecule has 2 aromatic heterocycles. The lowest BCUT2D eigenvalue weighted by molar-refractivity contribution is -0.142. The quantitative estimate of drug-likeness (QED) is 0.567. The summed E-state index contributed by atoms with van der Waals surface area (Å²) < 4.78 is 50.8. The van der Waals surface area contributed by atoms with Crippen LogP contribution in [0.15, 0.2) is 30.3 Å². The number of aromatic nitrogens is 3. The molecule has 0 saturated heterocycles. The summed E-state index contributed by atoms with van der Waals surface area (Å²) in [6.07, 6.45) is -4.74. The van der Waals surface area contributed by atoms with E-state index in [0.29, 0.717) is 4.52 Å². The van der Waals surface area contributed by atoms with Crippen molar-refractivity contribution in [1.82, 2.24) is 14.6 Å². The van der Waals surface area contributed by atoms with Crippen molar-refractivity contribution in [3.05, 3.63) is 58.5 Å². The molecule has 1 N–H and O–H groups in total. The standard InChI is InChI=1S/C22H21F3N4O5/c1-21(2,3)15-10-16(22(23,24)25)29-17(27-15)9-14(28-29)18(30)26-13-7-11(19(31)33-4)6-12(8-13)20(32)34-5/h6-10H,1-5H3,(H,26,30). The minimum Gasteiger partial charge on any atom is -0.465 e. The summed E-state index contributed by atoms with van der Waals surface area (Å²) in [5, 5.41) is 6.21. The minimum atomic E-state index is -4.74. The maximum atomic E-state index is 13.7. The Morgan fingerprint density at radius 3 is 1.94 bits per heavy atom. The van der Waals surface area contributed by atoms with Gasteiger partial charge in [-0.3, -0.25) is 4.79 Å². The molecule has 9 nitrogen and oxygen atoms in total. The second-order valence-corrected chi connectivity index (χ2v) is 8.31. The SMILES string of the molecule is COC(=O)c1cc(NC(=O)c2cc3nc(C(C)(C)C)cc(C(F)(F)F)n3n2)cc(C(=O)OC)c1. The third kappa shape index (κ3) is 5.00. The molecule has 180 valence electrons. The second kappa shape index (κ2) is 8.76. The molecule has 1 aromatic carbocycles. The summed E-state index contributed by atoms with van der Waals surface area (Å²) in [5.41, 5.74) is -2.21. The highest BCUT2D eigenvalue weighted by Crippen LogP contribution is 2.32. The van der Waals surface area contributed by atoms with Gasteiger partial charge in [-0.25, -0.2) is 19.1 Å². The Balaban J connectivity index is 2.06. The number of alkyl halides is 3. The summed E-state index contributed by atoms with van der Waals surface area (Å²) in [5.74, 6) is -2.43. The number of nitrogens with one attached hydrogen (secondary N) is 1. The van der Waals surface area contributed by atoms with Crippen molar-refractivity contribution in [2.45, 2.75) is 32.4 Å². The number of fused-ring (bicyclic) bond motifs is 1. The van der Waals surface area contributed by atoms with Gasteiger partial charge in [-0.2, -0.15) is 18.3 Å². The van der Waals surface area contributed by atoms with Crippen LogP contribution in [0, 0.1) is 0 Å². The Labute approximate surface area is 191 Å². The Bertz CT molecular complexity index is 1260. The van der Waals surface area contributed by atoms with Crippen molar-refractivity contribution in [2.75, 3.05) is 19.5 Å². The number of methoxy groups -OCH3 is 2. The average Bonchev–Trinajstić information content (AvgIpc) is 3.20. The highest BCUT2D eigenvalue weighted by atomic mass is 19.4. The lowest BCUT2D eigenvalue weighted by atomic mass is 9.91. The zero-order valence-corrected chi connectivity index (χ0v) is 18.9. The normalized spacial score (nSPS) is 11.9. The van der Waals surface area contributed by atoms with E-state index in [4.69, 9.17) is 0 Å². The van der Waals surface area contributed by atoms with Gasteiger partial charge in [0, 0.05) is 17.2 Å². The van der Waals surface area contributed by atoms with Gasteiger partial charge in [0.05, 0.1) is 31.0 Å². The van der Waals surface area contributed by atoms with Crippen LogP contribution in [-0.2, 0) is 21.1 Å². The van der Waals surface area contributed by atoms with E-state index in [2.05, 4.69) is 24.9 Å². The van der Waals surface area contributed by atoms with Crippen LogP contribution >= 0.6 is 0 Å². The summed E-state index contributed by atoms with van der Waals surface area (Å²) in [4.78, 5) is 40.9. The number of esters is 2. The minimum absolute atomic E-state index is 0.00439. The first-order valence-electron chi connectivity index (χ1n) is 9.86. The number of nitrogens with zero attached hydrogens (tertiary/aromatic N) is 3. The number of hydrogen-bond donors (Lipinski definition) is 1. The predicted molar refractivity (Wildman–Crippen MR) is 114 cm³/mol. The van der Waals surface area contributed by atoms with Crippen LogP contribution in [0.5, 0.6) is 0 Å². The second-order valence-electron chi connectivity index (χ2n) is 8.31. The molecule has 2 heterocycles. The van der Waals surface area contributed by atoms with Crippen molar-refractivity contribution in [3.63, 3.8) is 0 Å². The molecule has 3 rings (SSSR count). The molecule has 0 spiro atoms. The molecule has 0 aliphatic heterocycles. The Morgan fingerprint density at radius 2 is 1.47 bits per heavy atom. The van der Waals surface area contributed by atoms with Crippen LogP contribution in [0.25, 0.3) is 5.65 Å². The van der Waals surface area contributed by atoms with Crippen LogP contribution in [0.2, 0.25) is 0 Å². The molecular weight excluding hydrogens is 457 g/mol. The topological polar surface area (TPSA) is 112 Å². The molecule has 12 heteroatoms. The van der Waals surface area contributed by atoms with E-state index in [1.165, 1.54) is 18.2 Å². The molecule has 3 aromatic rings. The highest BCUT2D eigenvalue weighted by molar-refractivity contribution is 6.05. The van der Waals surface area contributed by atoms with E-state index in [9.17, 15) is 27.6 Å². The van der Waals surface area contributed by atoms with E-state index in [1.54, 1.807) is 20.8 Å². The van der Waals surface area contributed by atoms with Crippen LogP contribution in [0.4, 0.5) is 18.9 Å². The van der Waals surface area contributed by atoms with Crippen LogP contribution in [0.3, 0.4) is 0 Å². The number of ether oxygens (including phenoxy) is 2. The maximum absolute atomic E-state index is 13.7. The molecule has 0 fully saturated rings. The van der Waals surface area contributed by atoms with Crippen molar-refractivity contribution in [3.8, 4) is 0 Å². The van der Waals surface area contributed by atoms with Crippen LogP contribution in [0.1, 0.15) is 63.4 Å². The average molecular weight is 478 g/mol. The van der Waals surface area contributed by atoms with Gasteiger partial charge >= 0.3 is 18.1 Å². The third-order valence-electron chi connectivity index (χ3n) is 4.75. The number of carbonyl (C=O) groups excluding carboxylic acids is 3. The molecule has 0 radical (unpaired) electrons. The Kier molecular flexibility index (Phi) is 6.36. The first-order valence-corrected chi connectivity index (χ1v) is 9.86. The van der Waals surface area contributed by atoms with Gasteiger partial charge in [-0.1, -0.05) is 20.8 Å². The van der Waals surface area contributed by atoms with Gasteiger partial charge in [0.25, 0.3) is 5.91 Å². The number of rotatable bonds is 4. The van der Waals surface area contributed by atoms with Gasteiger partial charge in [-0.05, 0) is 24.3 Å². The maximum Gasteiger partial charge on any atom is 0.433 e. The van der Waals surface area contributed by atoms with E-state index in [-0.39, 0.29) is 33.8 Å². The number of benzene rings is 1. The number of hydrogen-bond acceptors (Lipinski definition) is 7. The molecule has 0 unspecified atom stereocenters. The number of anilines is 1. The molecule has 0 aliphatic carbocycles. The molecule has 0 aliphatic rings. The predicted octanol–water partition coefficient (Wildman–Crippen LogP) is 3.87. The van der Waals surface area contributed by atoms with E-state index in [0.717, 1.165) is 26.4 Å². The molecular formula is C22H21F3N4O5. The summed E-state index contributed by atoms with van der Waals surface area (Å²) in [7, 11) is 2.28. The fourth-order valence-corrected chi connectivity index (χ4v) is 3.04. The third-order valence-corrected chi connectivity index (χ3v) is 4.75. The summed E-state index contributed by atoms with van der Waals surface area (Å²) >= 11 is 0. The van der Waals surface area contributed by atoms with Crippen LogP contribution in [-0.4, -0.2) is 46.7 Å². The molecule has 1 amide bonds. The van der Waals surface area contributed by atoms with Crippen LogP contribution < -0.4 is 5.32 Å². The lowest BCUT2D eigenvalue weighted by Gasteiger charge is -2.19. The zero-order valence-electron chi connectivity index (χ0n) is 18.9. The monoisotopic (exact) mass is 478 g/mol. The smallest absolute Gasteiger partial charge is 0.433 e. The summed E-state index contributed by atoms with van der Waals surface area (Å²) in [6.45, 7) is 5.13. The number of amides is 1. The van der Waals surface area contributed by atoms with Gasteiger partial charge in [0.15, 0.2) is 11.3 Å². The van der Waals surface area contributed by atoms with Gasteiger partial charge < -0.3 is 14.8 Å². The van der Waals surface area contributed by atoms with Gasteiger partial charge in [0.1, 0.15) is 5.69 Å². The number of carbonyl (C=O) groups is 3. The Hall–Kier alpha value is -3.96. The summed E-state index contributed by atoms with van der Waals surface area (Å²) in [6, 6.07) is 5.70. The van der Waals surface area contributed by atoms with Gasteiger partial charge in [0.2, 0.25) is 0 Å². The van der Waals surface area contributed by atoms with E-state index >= 15 is 0 Å². The molecule has 34 heavy (non-hydrogen) atoms. The lowest BCUT2D eigenvalue weighted by Crippen LogP contribution is -2.20. The van der Waals surface area contributed by atoms with Crippen molar-refractivity contribution < 1.29 is 37.0 Å². The highest BCUT2D eigenvalue weighted by Gasteiger charge is 2.36. The largest absolute Gasteiger partial charge is 0.465 e. The first-order chi connectivity index (χ1) is 15.7. The molecule has 0 atom stereocenters. The van der Waals surface area contributed by atoms with Crippen molar-refractivity contribution in [2.24, 2.45) is 0 Å². The Morgan fingerprint density at radius 1 is 0.912 bits per heavy atom. The van der Waals surface area contributed by atoms with Gasteiger partial charge in [-0.15, -0.1) is 0 Å². The van der Waals surface area contributed by atoms with E-state index in [1.807, 2.05) is 0 Å². The first kappa shape index (κ1) is 24.7.